The van der Waals surface area contributed by atoms with Crippen LogP contribution in [-0.4, -0.2) is 11.6 Å². The Labute approximate surface area is 203 Å². The summed E-state index contributed by atoms with van der Waals surface area (Å²) in [7, 11) is 0. The van der Waals surface area contributed by atoms with Gasteiger partial charge in [-0.05, 0) is 53.6 Å². The fourth-order valence-corrected chi connectivity index (χ4v) is 3.80. The Morgan fingerprint density at radius 3 is 2.12 bits per heavy atom. The Kier molecular flexibility index (Phi) is 6.23. The number of nitrogens with zero attached hydrogens (tertiary/aromatic N) is 2. The molecule has 1 aliphatic rings. The van der Waals surface area contributed by atoms with Crippen LogP contribution in [0.15, 0.2) is 120 Å². The zero-order valence-corrected chi connectivity index (χ0v) is 19.0. The highest BCUT2D eigenvalue weighted by Gasteiger charge is 2.31. The highest BCUT2D eigenvalue weighted by Crippen LogP contribution is 2.28. The molecule has 1 aliphatic heterocycles. The molecule has 5 heteroatoms. The second kappa shape index (κ2) is 9.77. The van der Waals surface area contributed by atoms with Crippen LogP contribution in [0.1, 0.15) is 16.7 Å². The van der Waals surface area contributed by atoms with Gasteiger partial charge in [0.25, 0.3) is 5.91 Å². The summed E-state index contributed by atoms with van der Waals surface area (Å²) in [5.74, 6) is 0.589. The van der Waals surface area contributed by atoms with Crippen molar-refractivity contribution in [3.63, 3.8) is 0 Å². The number of hydrogen-bond acceptors (Lipinski definition) is 3. The molecule has 4 nitrogen and oxygen atoms in total. The average Bonchev–Trinajstić information content (AvgIpc) is 3.21. The van der Waals surface area contributed by atoms with Crippen molar-refractivity contribution in [3.05, 3.63) is 136 Å². The minimum Gasteiger partial charge on any atom is -0.489 e. The summed E-state index contributed by atoms with van der Waals surface area (Å²) in [4.78, 5) is 13.4. The van der Waals surface area contributed by atoms with Crippen molar-refractivity contribution in [2.45, 2.75) is 6.61 Å². The second-order valence-electron chi connectivity index (χ2n) is 7.81. The van der Waals surface area contributed by atoms with Crippen molar-refractivity contribution in [2.75, 3.05) is 5.01 Å². The van der Waals surface area contributed by atoms with E-state index < -0.39 is 0 Å². The number of halogens is 1. The monoisotopic (exact) mass is 464 g/mol. The van der Waals surface area contributed by atoms with Gasteiger partial charge >= 0.3 is 0 Å². The lowest BCUT2D eigenvalue weighted by atomic mass is 10.0. The van der Waals surface area contributed by atoms with Gasteiger partial charge in [0.05, 0.1) is 11.3 Å². The first-order chi connectivity index (χ1) is 16.7. The molecule has 34 heavy (non-hydrogen) atoms. The standard InChI is InChI=1S/C29H21ClN2O2/c30-24-15-11-22(12-16-24)20-34-26-17-13-21(14-18-26)19-27-28(23-7-3-1-4-8-23)31-32(29(27)33)25-9-5-2-6-10-25/h1-19H,20H2/b27-19-. The zero-order chi connectivity index (χ0) is 23.3. The Bertz CT molecular complexity index is 1350. The molecule has 0 saturated heterocycles. The number of benzene rings is 4. The number of ether oxygens (including phenoxy) is 1. The van der Waals surface area contributed by atoms with Crippen LogP contribution >= 0.6 is 11.6 Å². The van der Waals surface area contributed by atoms with Gasteiger partial charge in [-0.2, -0.15) is 10.1 Å². The van der Waals surface area contributed by atoms with Gasteiger partial charge in [-0.1, -0.05) is 84.4 Å². The molecule has 0 aliphatic carbocycles. The van der Waals surface area contributed by atoms with Gasteiger partial charge < -0.3 is 4.74 Å². The van der Waals surface area contributed by atoms with E-state index in [2.05, 4.69) is 5.10 Å². The molecular formula is C29H21ClN2O2. The van der Waals surface area contributed by atoms with Gasteiger partial charge in [-0.15, -0.1) is 0 Å². The lowest BCUT2D eigenvalue weighted by Gasteiger charge is -2.11. The molecule has 0 atom stereocenters. The zero-order valence-electron chi connectivity index (χ0n) is 18.3. The number of amides is 1. The summed E-state index contributed by atoms with van der Waals surface area (Å²) in [5, 5.41) is 6.83. The summed E-state index contributed by atoms with van der Waals surface area (Å²) in [6.45, 7) is 0.451. The van der Waals surface area contributed by atoms with Crippen LogP contribution in [0.5, 0.6) is 5.75 Å². The molecule has 0 fully saturated rings. The fourth-order valence-electron chi connectivity index (χ4n) is 3.67. The number of hydrazone groups is 1. The van der Waals surface area contributed by atoms with Crippen molar-refractivity contribution in [3.8, 4) is 5.75 Å². The highest BCUT2D eigenvalue weighted by molar-refractivity contribution is 6.37. The van der Waals surface area contributed by atoms with Crippen LogP contribution in [0, 0.1) is 0 Å². The Morgan fingerprint density at radius 2 is 1.44 bits per heavy atom. The van der Waals surface area contributed by atoms with E-state index in [0.717, 1.165) is 28.1 Å². The molecule has 5 rings (SSSR count). The minimum atomic E-state index is -0.159. The molecule has 0 spiro atoms. The minimum absolute atomic E-state index is 0.159. The smallest absolute Gasteiger partial charge is 0.281 e. The predicted molar refractivity (Wildman–Crippen MR) is 137 cm³/mol. The SMILES string of the molecule is O=C1/C(=C\c2ccc(OCc3ccc(Cl)cc3)cc2)C(c2ccccc2)=NN1c1ccccc1. The third-order valence-corrected chi connectivity index (χ3v) is 5.69. The van der Waals surface area contributed by atoms with Crippen molar-refractivity contribution in [2.24, 2.45) is 5.10 Å². The van der Waals surface area contributed by atoms with E-state index in [4.69, 9.17) is 16.3 Å². The molecule has 0 unspecified atom stereocenters. The predicted octanol–water partition coefficient (Wildman–Crippen LogP) is 6.75. The van der Waals surface area contributed by atoms with Crippen LogP contribution in [0.4, 0.5) is 5.69 Å². The van der Waals surface area contributed by atoms with Crippen molar-refractivity contribution < 1.29 is 9.53 Å². The first-order valence-corrected chi connectivity index (χ1v) is 11.3. The molecule has 0 bridgehead atoms. The largest absolute Gasteiger partial charge is 0.489 e. The van der Waals surface area contributed by atoms with Gasteiger partial charge in [-0.25, -0.2) is 0 Å². The molecule has 4 aromatic carbocycles. The molecule has 0 radical (unpaired) electrons. The number of hydrogen-bond donors (Lipinski definition) is 0. The van der Waals surface area contributed by atoms with Crippen LogP contribution in [-0.2, 0) is 11.4 Å². The Balaban J connectivity index is 1.40. The number of carbonyl (C=O) groups excluding carboxylic acids is 1. The summed E-state index contributed by atoms with van der Waals surface area (Å²) in [6.07, 6.45) is 1.88. The van der Waals surface area contributed by atoms with Gasteiger partial charge in [-0.3, -0.25) is 4.79 Å². The maximum atomic E-state index is 13.4. The van der Waals surface area contributed by atoms with E-state index in [9.17, 15) is 4.79 Å². The number of anilines is 1. The molecule has 4 aromatic rings. The third kappa shape index (κ3) is 4.77. The first kappa shape index (κ1) is 21.7. The van der Waals surface area contributed by atoms with Gasteiger partial charge in [0.15, 0.2) is 0 Å². The molecule has 0 N–H and O–H groups in total. The van der Waals surface area contributed by atoms with E-state index in [1.807, 2.05) is 115 Å². The maximum absolute atomic E-state index is 13.4. The van der Waals surface area contributed by atoms with Crippen molar-refractivity contribution >= 4 is 35.0 Å². The topological polar surface area (TPSA) is 41.9 Å². The van der Waals surface area contributed by atoms with E-state index in [-0.39, 0.29) is 5.91 Å². The Morgan fingerprint density at radius 1 is 0.794 bits per heavy atom. The third-order valence-electron chi connectivity index (χ3n) is 5.44. The van der Waals surface area contributed by atoms with Gasteiger partial charge in [0.1, 0.15) is 18.1 Å². The molecule has 0 saturated carbocycles. The van der Waals surface area contributed by atoms with Crippen LogP contribution in [0.2, 0.25) is 5.02 Å². The number of carbonyl (C=O) groups is 1. The molecular weight excluding hydrogens is 444 g/mol. The number of para-hydroxylation sites is 1. The molecule has 1 heterocycles. The summed E-state index contributed by atoms with van der Waals surface area (Å²) >= 11 is 5.94. The summed E-state index contributed by atoms with van der Waals surface area (Å²) in [5.41, 5.74) is 4.75. The van der Waals surface area contributed by atoms with Gasteiger partial charge in [0, 0.05) is 10.6 Å². The quantitative estimate of drug-likeness (QED) is 0.296. The first-order valence-electron chi connectivity index (χ1n) is 10.9. The maximum Gasteiger partial charge on any atom is 0.281 e. The molecule has 166 valence electrons. The molecule has 0 aromatic heterocycles. The molecule has 1 amide bonds. The lowest BCUT2D eigenvalue weighted by Crippen LogP contribution is -2.21. The fraction of sp³-hybridized carbons (Fsp3) is 0.0345. The van der Waals surface area contributed by atoms with E-state index in [1.54, 1.807) is 0 Å². The second-order valence-corrected chi connectivity index (χ2v) is 8.25. The van der Waals surface area contributed by atoms with Gasteiger partial charge in [0.2, 0.25) is 0 Å². The van der Waals surface area contributed by atoms with Crippen LogP contribution < -0.4 is 9.75 Å². The van der Waals surface area contributed by atoms with E-state index >= 15 is 0 Å². The van der Waals surface area contributed by atoms with Crippen molar-refractivity contribution in [1.82, 2.24) is 0 Å². The summed E-state index contributed by atoms with van der Waals surface area (Å²) < 4.78 is 5.88. The van der Waals surface area contributed by atoms with E-state index in [0.29, 0.717) is 22.9 Å². The van der Waals surface area contributed by atoms with Crippen molar-refractivity contribution in [1.29, 1.82) is 0 Å². The number of rotatable bonds is 6. The van der Waals surface area contributed by atoms with Crippen LogP contribution in [0.3, 0.4) is 0 Å². The Hall–Kier alpha value is -4.15. The lowest BCUT2D eigenvalue weighted by molar-refractivity contribution is -0.114. The normalized spacial score (nSPS) is 14.4. The van der Waals surface area contributed by atoms with E-state index in [1.165, 1.54) is 5.01 Å². The van der Waals surface area contributed by atoms with Crippen LogP contribution in [0.25, 0.3) is 6.08 Å². The highest BCUT2D eigenvalue weighted by atomic mass is 35.5. The average molecular weight is 465 g/mol. The summed E-state index contributed by atoms with van der Waals surface area (Å²) in [6, 6.07) is 34.4.